The molecule has 4 amide bonds. The van der Waals surface area contributed by atoms with E-state index in [-0.39, 0.29) is 128 Å². The third kappa shape index (κ3) is 17.8. The maximum absolute atomic E-state index is 13.4. The van der Waals surface area contributed by atoms with E-state index in [9.17, 15) is 42.7 Å². The first kappa shape index (κ1) is 77.9. The quantitative estimate of drug-likeness (QED) is 0.0305. The number of Topliss-reactive ketones (excluding diaryl/α,β-unsaturated/α-hetero) is 4. The van der Waals surface area contributed by atoms with Crippen molar-refractivity contribution in [2.75, 3.05) is 40.6 Å². The number of amides is 4. The first-order chi connectivity index (χ1) is 51.9. The van der Waals surface area contributed by atoms with Crippen LogP contribution in [0, 0.1) is 48.2 Å². The molecule has 26 heteroatoms. The van der Waals surface area contributed by atoms with Gasteiger partial charge in [0.2, 0.25) is 0 Å². The van der Waals surface area contributed by atoms with E-state index in [2.05, 4.69) is 21.3 Å². The van der Waals surface area contributed by atoms with Crippen LogP contribution in [0.1, 0.15) is 161 Å². The molecule has 572 valence electrons. The van der Waals surface area contributed by atoms with Gasteiger partial charge < -0.3 is 58.5 Å². The van der Waals surface area contributed by atoms with E-state index >= 15 is 0 Å². The number of ether oxygens (including phenoxy) is 6. The first-order valence-corrected chi connectivity index (χ1v) is 38.3. The summed E-state index contributed by atoms with van der Waals surface area (Å²) >= 11 is 25.1. The van der Waals surface area contributed by atoms with Crippen LogP contribution in [0.25, 0.3) is 0 Å². The number of rotatable bonds is 30. The Morgan fingerprint density at radius 3 is 1.22 bits per heavy atom. The third-order valence-corrected chi connectivity index (χ3v) is 24.4. The van der Waals surface area contributed by atoms with E-state index in [0.29, 0.717) is 86.4 Å². The molecule has 12 saturated carbocycles. The fraction of sp³-hybridized carbons (Fsp3) is 0.398. The van der Waals surface area contributed by atoms with Gasteiger partial charge in [-0.1, -0.05) is 46.4 Å². The van der Waals surface area contributed by atoms with E-state index in [1.165, 1.54) is 42.3 Å². The van der Waals surface area contributed by atoms with E-state index in [4.69, 9.17) is 83.7 Å². The summed E-state index contributed by atoms with van der Waals surface area (Å²) in [7, 11) is 3.09. The van der Waals surface area contributed by atoms with E-state index in [1.54, 1.807) is 87.0 Å². The number of halogens is 5. The SMILES string of the molecule is COc1cc(OC)cc(C(=O)CC23CC(NC(=O)COc4ccc(Cl)c(F)c4)(C2)C3)c1.Cc1cc(OCC(=O)CC23CC(NC(=O)c4ccco4)(C2)C3)ccc1Cl.Cc1cc(OCC(=O)CC23CC(NC(=O)c4ccoc4)(C2)C3)ccc1Cl.Cc1cc(OCC(=O)CC23CC(NC(=O)c4ccsc4)(C2)C3)ccc1Cl. The van der Waals surface area contributed by atoms with Crippen LogP contribution < -0.4 is 49.7 Å². The number of benzene rings is 5. The zero-order chi connectivity index (χ0) is 77.3. The summed E-state index contributed by atoms with van der Waals surface area (Å²) in [6, 6.07) is 32.1. The lowest BCUT2D eigenvalue weighted by atomic mass is 9.38. The summed E-state index contributed by atoms with van der Waals surface area (Å²) in [4.78, 5) is 98.2. The number of ketones is 4. The minimum absolute atomic E-state index is 0.00194. The Bertz CT molecular complexity index is 4370. The maximum Gasteiger partial charge on any atom is 0.287 e. The molecule has 0 radical (unpaired) electrons. The zero-order valence-corrected chi connectivity index (χ0v) is 64.7. The van der Waals surface area contributed by atoms with Crippen LogP contribution in [0.4, 0.5) is 4.39 Å². The molecule has 8 aromatic rings. The lowest BCUT2D eigenvalue weighted by Gasteiger charge is -2.70. The molecule has 0 atom stereocenters. The van der Waals surface area contributed by atoms with Crippen molar-refractivity contribution in [1.29, 1.82) is 0 Å². The molecule has 109 heavy (non-hydrogen) atoms. The van der Waals surface area contributed by atoms with Crippen LogP contribution in [-0.2, 0) is 19.2 Å². The highest BCUT2D eigenvalue weighted by Crippen LogP contribution is 2.72. The van der Waals surface area contributed by atoms with Gasteiger partial charge in [-0.3, -0.25) is 38.4 Å². The van der Waals surface area contributed by atoms with E-state index in [1.807, 2.05) is 55.8 Å². The van der Waals surface area contributed by atoms with Crippen molar-refractivity contribution >= 4 is 105 Å². The van der Waals surface area contributed by atoms with Crippen molar-refractivity contribution in [2.45, 2.75) is 146 Å². The Balaban J connectivity index is 0.000000128. The second-order valence-corrected chi connectivity index (χ2v) is 33.9. The fourth-order valence-electron chi connectivity index (χ4n) is 17.9. The number of thiophene rings is 1. The van der Waals surface area contributed by atoms with Crippen LogP contribution in [0.5, 0.6) is 34.5 Å². The monoisotopic (exact) mass is 1580 g/mol. The molecule has 20 nitrogen and oxygen atoms in total. The second-order valence-electron chi connectivity index (χ2n) is 31.5. The average molecular weight is 1590 g/mol. The minimum Gasteiger partial charge on any atom is -0.497 e. The lowest BCUT2D eigenvalue weighted by molar-refractivity contribution is -0.165. The molecule has 20 rings (SSSR count). The highest BCUT2D eigenvalue weighted by molar-refractivity contribution is 7.08. The van der Waals surface area contributed by atoms with Gasteiger partial charge in [0.05, 0.1) is 42.9 Å². The molecule has 4 N–H and O–H groups in total. The number of methoxy groups -OCH3 is 2. The van der Waals surface area contributed by atoms with Crippen molar-refractivity contribution in [3.8, 4) is 34.5 Å². The Morgan fingerprint density at radius 2 is 0.835 bits per heavy atom. The number of furan rings is 2. The molecule has 3 heterocycles. The van der Waals surface area contributed by atoms with Crippen LogP contribution in [0.3, 0.4) is 0 Å². The van der Waals surface area contributed by atoms with Gasteiger partial charge in [-0.05, 0) is 245 Å². The van der Waals surface area contributed by atoms with Crippen molar-refractivity contribution in [2.24, 2.45) is 21.7 Å². The number of hydrogen-bond acceptors (Lipinski definition) is 17. The van der Waals surface area contributed by atoms with Crippen molar-refractivity contribution in [3.63, 3.8) is 0 Å². The predicted octanol–water partition coefficient (Wildman–Crippen LogP) is 16.5. The molecule has 12 fully saturated rings. The number of nitrogens with one attached hydrogen (secondary N) is 4. The highest BCUT2D eigenvalue weighted by Gasteiger charge is 2.71. The van der Waals surface area contributed by atoms with Crippen LogP contribution in [0.2, 0.25) is 20.1 Å². The van der Waals surface area contributed by atoms with Gasteiger partial charge in [0, 0.05) is 86.0 Å². The van der Waals surface area contributed by atoms with Crippen molar-refractivity contribution < 1.29 is 80.0 Å². The average Bonchev–Trinajstić information content (AvgIpc) is 0.904. The molecule has 12 aliphatic rings. The predicted molar refractivity (Wildman–Crippen MR) is 408 cm³/mol. The Morgan fingerprint density at radius 1 is 0.431 bits per heavy atom. The summed E-state index contributed by atoms with van der Waals surface area (Å²) in [5.41, 5.74) is 4.01. The van der Waals surface area contributed by atoms with Gasteiger partial charge in [-0.25, -0.2) is 4.39 Å². The van der Waals surface area contributed by atoms with Gasteiger partial charge in [0.15, 0.2) is 35.5 Å². The smallest absolute Gasteiger partial charge is 0.287 e. The van der Waals surface area contributed by atoms with Gasteiger partial charge in [0.25, 0.3) is 23.6 Å². The number of hydrogen-bond donors (Lipinski definition) is 4. The molecule has 0 spiro atoms. The van der Waals surface area contributed by atoms with Gasteiger partial charge in [-0.2, -0.15) is 11.3 Å². The summed E-state index contributed by atoms with van der Waals surface area (Å²) in [5, 5.41) is 18.1. The summed E-state index contributed by atoms with van der Waals surface area (Å²) in [5.74, 6) is 2.83. The number of aryl methyl sites for hydroxylation is 3. The maximum atomic E-state index is 13.4. The Hall–Kier alpha value is -9.19. The highest BCUT2D eigenvalue weighted by atomic mass is 35.5. The number of carbonyl (C=O) groups excluding carboxylic acids is 8. The lowest BCUT2D eigenvalue weighted by Crippen LogP contribution is -2.75. The molecular weight excluding hydrogens is 1500 g/mol. The minimum atomic E-state index is -0.598. The molecule has 0 aliphatic heterocycles. The molecular formula is C83H83Cl4FN4O16S. The zero-order valence-electron chi connectivity index (χ0n) is 60.8. The Labute approximate surface area is 654 Å². The fourth-order valence-corrected chi connectivity index (χ4v) is 19.0. The molecule has 8 bridgehead atoms. The third-order valence-electron chi connectivity index (χ3n) is 22.2. The molecule has 0 unspecified atom stereocenters. The van der Waals surface area contributed by atoms with E-state index < -0.39 is 5.82 Å². The van der Waals surface area contributed by atoms with Crippen LogP contribution in [0.15, 0.2) is 154 Å². The van der Waals surface area contributed by atoms with E-state index in [0.717, 1.165) is 105 Å². The van der Waals surface area contributed by atoms with Gasteiger partial charge in [-0.15, -0.1) is 0 Å². The largest absolute Gasteiger partial charge is 0.497 e. The van der Waals surface area contributed by atoms with Gasteiger partial charge in [0.1, 0.15) is 66.4 Å². The molecule has 0 saturated heterocycles. The Kier molecular flexibility index (Phi) is 22.4. The van der Waals surface area contributed by atoms with Crippen molar-refractivity contribution in [1.82, 2.24) is 21.3 Å². The summed E-state index contributed by atoms with van der Waals surface area (Å²) in [6.07, 6.45) is 16.4. The summed E-state index contributed by atoms with van der Waals surface area (Å²) in [6.45, 7) is 5.70. The normalized spacial score (nSPS) is 25.0. The number of carbonyl (C=O) groups is 8. The van der Waals surface area contributed by atoms with Gasteiger partial charge >= 0.3 is 0 Å². The second kappa shape index (κ2) is 31.3. The topological polar surface area (TPSA) is 266 Å². The molecule has 12 aliphatic carbocycles. The van der Waals surface area contributed by atoms with Crippen LogP contribution >= 0.6 is 57.7 Å². The standard InChI is InChI=1S/C23H23ClFNO5.2C20H20ClNO4.C20H20ClNO3S/c1-29-16-5-14(6-17(7-16)30-2)20(27)9-22-11-23(12-22,13-22)26-21(28)10-31-15-3-4-18(24)19(25)8-15;1-13-6-16(2-3-17(13)21)26-9-15(23)7-19-10-20(11-19,12-19)22-18(24)14-4-5-25-8-14;1-13-7-15(4-5-16(13)21)26-9-14(23)8-19-10-20(11-19,12-19)22-18(24)17-3-2-6-25-17;1-13-6-16(2-3-17(13)21)25-8-15(23)7-19-10-20(11-19,12-19)22-18(24)14-4-5-26-9-14/h3-8H,9-13H2,1-2H3,(H,26,28);2-6,8H,7,9-12H2,1H3,(H,22,24);2-7H,8-12H2,1H3,(H,22,24);2-6,9H,7-8,10-12H2,1H3,(H,22,24). The molecule has 3 aromatic heterocycles. The van der Waals surface area contributed by atoms with Crippen molar-refractivity contribution in [3.05, 3.63) is 210 Å². The first-order valence-electron chi connectivity index (χ1n) is 35.8. The van der Waals surface area contributed by atoms with Crippen LogP contribution in [-0.4, -0.2) is 110 Å². The molecule has 5 aromatic carbocycles. The summed E-state index contributed by atoms with van der Waals surface area (Å²) < 4.78 is 56.1.